The van der Waals surface area contributed by atoms with E-state index in [9.17, 15) is 0 Å². The van der Waals surface area contributed by atoms with Crippen LogP contribution in [0.1, 0.15) is 23.1 Å². The molecule has 5 heteroatoms. The highest BCUT2D eigenvalue weighted by molar-refractivity contribution is 5.47. The van der Waals surface area contributed by atoms with Gasteiger partial charge in [0, 0.05) is 30.7 Å². The van der Waals surface area contributed by atoms with E-state index in [1.54, 1.807) is 13.3 Å². The molecule has 1 atom stereocenters. The van der Waals surface area contributed by atoms with Gasteiger partial charge in [0.15, 0.2) is 0 Å². The van der Waals surface area contributed by atoms with Crippen molar-refractivity contribution in [3.63, 3.8) is 0 Å². The number of hydrogen-bond acceptors (Lipinski definition) is 4. The maximum atomic E-state index is 5.53. The predicted molar refractivity (Wildman–Crippen MR) is 90.6 cm³/mol. The smallest absolute Gasteiger partial charge is 0.135 e. The van der Waals surface area contributed by atoms with E-state index in [1.165, 1.54) is 0 Å². The Hall–Kier alpha value is -2.82. The summed E-state index contributed by atoms with van der Waals surface area (Å²) in [5, 5.41) is 3.48. The number of aromatic nitrogens is 3. The van der Waals surface area contributed by atoms with Gasteiger partial charge in [0.1, 0.15) is 23.4 Å². The topological polar surface area (TPSA) is 52.0 Å². The summed E-state index contributed by atoms with van der Waals surface area (Å²) in [4.78, 5) is 9.05. The number of para-hydroxylation sites is 1. The Balaban J connectivity index is 2.06. The van der Waals surface area contributed by atoms with Crippen LogP contribution in [0.4, 0.5) is 5.82 Å². The number of rotatable bonds is 5. The molecule has 0 saturated carbocycles. The van der Waals surface area contributed by atoms with Crippen LogP contribution < -0.4 is 10.1 Å². The van der Waals surface area contributed by atoms with Crippen molar-refractivity contribution < 1.29 is 4.74 Å². The Labute approximate surface area is 136 Å². The Morgan fingerprint density at radius 2 is 1.96 bits per heavy atom. The van der Waals surface area contributed by atoms with E-state index in [-0.39, 0.29) is 6.04 Å². The van der Waals surface area contributed by atoms with Gasteiger partial charge >= 0.3 is 0 Å². The number of aryl methyl sites for hydroxylation is 2. The van der Waals surface area contributed by atoms with Crippen LogP contribution in [0.2, 0.25) is 0 Å². The molecule has 2 aromatic heterocycles. The first-order chi connectivity index (χ1) is 11.2. The SMILES string of the molecule is COc1ccccc1C(Nc1cccc(C)n1)c1nccn1C. The number of imidazole rings is 1. The summed E-state index contributed by atoms with van der Waals surface area (Å²) in [6, 6.07) is 13.7. The van der Waals surface area contributed by atoms with Gasteiger partial charge in [-0.3, -0.25) is 0 Å². The maximum Gasteiger partial charge on any atom is 0.135 e. The Morgan fingerprint density at radius 3 is 2.65 bits per heavy atom. The van der Waals surface area contributed by atoms with Crippen LogP contribution in [0.15, 0.2) is 54.9 Å². The fourth-order valence-corrected chi connectivity index (χ4v) is 2.61. The average molecular weight is 308 g/mol. The van der Waals surface area contributed by atoms with Gasteiger partial charge in [-0.2, -0.15) is 0 Å². The van der Waals surface area contributed by atoms with Crippen LogP contribution in [0.5, 0.6) is 5.75 Å². The molecule has 1 N–H and O–H groups in total. The summed E-state index contributed by atoms with van der Waals surface area (Å²) < 4.78 is 7.53. The first kappa shape index (κ1) is 15.1. The standard InChI is InChI=1S/C18H20N4O/c1-13-7-6-10-16(20-13)21-17(18-19-11-12-22(18)2)14-8-4-5-9-15(14)23-3/h4-12,17H,1-3H3,(H,20,21). The van der Waals surface area contributed by atoms with Crippen molar-refractivity contribution in [2.75, 3.05) is 12.4 Å². The van der Waals surface area contributed by atoms with Gasteiger partial charge in [-0.15, -0.1) is 0 Å². The number of hydrogen-bond donors (Lipinski definition) is 1. The summed E-state index contributed by atoms with van der Waals surface area (Å²) in [6.45, 7) is 1.98. The number of pyridine rings is 1. The molecule has 2 heterocycles. The van der Waals surface area contributed by atoms with Crippen LogP contribution in [0.3, 0.4) is 0 Å². The highest BCUT2D eigenvalue weighted by Gasteiger charge is 2.22. The zero-order valence-corrected chi connectivity index (χ0v) is 13.5. The first-order valence-electron chi connectivity index (χ1n) is 7.49. The van der Waals surface area contributed by atoms with E-state index >= 15 is 0 Å². The molecule has 0 bridgehead atoms. The number of benzene rings is 1. The zero-order valence-electron chi connectivity index (χ0n) is 13.5. The van der Waals surface area contributed by atoms with Crippen molar-refractivity contribution in [3.8, 4) is 5.75 Å². The molecule has 0 radical (unpaired) electrons. The van der Waals surface area contributed by atoms with Gasteiger partial charge in [0.2, 0.25) is 0 Å². The molecule has 0 aliphatic heterocycles. The van der Waals surface area contributed by atoms with E-state index in [1.807, 2.05) is 67.2 Å². The molecule has 0 aliphatic carbocycles. The van der Waals surface area contributed by atoms with Crippen LogP contribution in [0.25, 0.3) is 0 Å². The van der Waals surface area contributed by atoms with Gasteiger partial charge in [0.05, 0.1) is 7.11 Å². The summed E-state index contributed by atoms with van der Waals surface area (Å²) in [5.74, 6) is 2.53. The van der Waals surface area contributed by atoms with E-state index in [2.05, 4.69) is 15.3 Å². The summed E-state index contributed by atoms with van der Waals surface area (Å²) in [7, 11) is 3.66. The lowest BCUT2D eigenvalue weighted by molar-refractivity contribution is 0.408. The summed E-state index contributed by atoms with van der Waals surface area (Å²) in [5.41, 5.74) is 1.99. The first-order valence-corrected chi connectivity index (χ1v) is 7.49. The van der Waals surface area contributed by atoms with Crippen molar-refractivity contribution in [1.29, 1.82) is 0 Å². The largest absolute Gasteiger partial charge is 0.496 e. The number of nitrogens with one attached hydrogen (secondary N) is 1. The fraction of sp³-hybridized carbons (Fsp3) is 0.222. The van der Waals surface area contributed by atoms with E-state index in [0.29, 0.717) is 0 Å². The molecule has 3 rings (SSSR count). The third-order valence-corrected chi connectivity index (χ3v) is 3.75. The predicted octanol–water partition coefficient (Wildman–Crippen LogP) is 3.33. The van der Waals surface area contributed by atoms with Crippen molar-refractivity contribution in [2.45, 2.75) is 13.0 Å². The van der Waals surface area contributed by atoms with Gasteiger partial charge in [-0.25, -0.2) is 9.97 Å². The molecular formula is C18H20N4O. The quantitative estimate of drug-likeness (QED) is 0.785. The summed E-state index contributed by atoms with van der Waals surface area (Å²) in [6.07, 6.45) is 3.73. The van der Waals surface area contributed by atoms with Gasteiger partial charge in [0.25, 0.3) is 0 Å². The molecule has 0 spiro atoms. The lowest BCUT2D eigenvalue weighted by Crippen LogP contribution is -2.18. The Morgan fingerprint density at radius 1 is 1.13 bits per heavy atom. The maximum absolute atomic E-state index is 5.53. The van der Waals surface area contributed by atoms with Crippen LogP contribution >= 0.6 is 0 Å². The van der Waals surface area contributed by atoms with Crippen LogP contribution in [0, 0.1) is 6.92 Å². The Bertz CT molecular complexity index is 797. The zero-order chi connectivity index (χ0) is 16.2. The minimum atomic E-state index is -0.152. The molecular weight excluding hydrogens is 288 g/mol. The monoisotopic (exact) mass is 308 g/mol. The molecule has 0 aliphatic rings. The highest BCUT2D eigenvalue weighted by Crippen LogP contribution is 2.31. The molecule has 0 amide bonds. The molecule has 0 fully saturated rings. The van der Waals surface area contributed by atoms with Crippen molar-refractivity contribution in [1.82, 2.24) is 14.5 Å². The second kappa shape index (κ2) is 6.52. The minimum absolute atomic E-state index is 0.152. The molecule has 0 saturated heterocycles. The number of ether oxygens (including phenoxy) is 1. The van der Waals surface area contributed by atoms with E-state index < -0.39 is 0 Å². The molecule has 1 aromatic carbocycles. The molecule has 118 valence electrons. The second-order valence-corrected chi connectivity index (χ2v) is 5.38. The van der Waals surface area contributed by atoms with Crippen molar-refractivity contribution >= 4 is 5.82 Å². The number of methoxy groups -OCH3 is 1. The lowest BCUT2D eigenvalue weighted by Gasteiger charge is -2.21. The van der Waals surface area contributed by atoms with Gasteiger partial charge in [-0.05, 0) is 25.1 Å². The Kier molecular flexibility index (Phi) is 4.28. The molecule has 23 heavy (non-hydrogen) atoms. The minimum Gasteiger partial charge on any atom is -0.496 e. The van der Waals surface area contributed by atoms with Gasteiger partial charge < -0.3 is 14.6 Å². The lowest BCUT2D eigenvalue weighted by atomic mass is 10.0. The number of anilines is 1. The van der Waals surface area contributed by atoms with Gasteiger partial charge in [-0.1, -0.05) is 24.3 Å². The third kappa shape index (κ3) is 3.18. The van der Waals surface area contributed by atoms with Crippen LogP contribution in [-0.2, 0) is 7.05 Å². The number of nitrogens with zero attached hydrogens (tertiary/aromatic N) is 3. The molecule has 3 aromatic rings. The van der Waals surface area contributed by atoms with E-state index in [4.69, 9.17) is 4.74 Å². The molecule has 5 nitrogen and oxygen atoms in total. The van der Waals surface area contributed by atoms with Crippen molar-refractivity contribution in [3.05, 3.63) is 71.9 Å². The van der Waals surface area contributed by atoms with E-state index in [0.717, 1.165) is 28.6 Å². The fourth-order valence-electron chi connectivity index (χ4n) is 2.61. The molecule has 1 unspecified atom stereocenters. The highest BCUT2D eigenvalue weighted by atomic mass is 16.5. The second-order valence-electron chi connectivity index (χ2n) is 5.38. The summed E-state index contributed by atoms with van der Waals surface area (Å²) >= 11 is 0. The van der Waals surface area contributed by atoms with Crippen molar-refractivity contribution in [2.24, 2.45) is 7.05 Å². The van der Waals surface area contributed by atoms with Crippen LogP contribution in [-0.4, -0.2) is 21.6 Å². The normalized spacial score (nSPS) is 12.0. The average Bonchev–Trinajstić information content (AvgIpc) is 2.98. The third-order valence-electron chi connectivity index (χ3n) is 3.75.